The molecule has 270 valence electrons. The predicted molar refractivity (Wildman–Crippen MR) is 244 cm³/mol. The molecule has 4 nitrogen and oxygen atoms in total. The third-order valence-electron chi connectivity index (χ3n) is 12.3. The largest absolute Gasteiger partial charge is 0.309 e. The van der Waals surface area contributed by atoms with E-state index >= 15 is 0 Å². The van der Waals surface area contributed by atoms with E-state index < -0.39 is 0 Å². The zero-order chi connectivity index (χ0) is 37.9. The van der Waals surface area contributed by atoms with Crippen LogP contribution >= 0.6 is 0 Å². The van der Waals surface area contributed by atoms with Gasteiger partial charge in [0.05, 0.1) is 55.5 Å². The van der Waals surface area contributed by atoms with Crippen molar-refractivity contribution in [2.24, 2.45) is 0 Å². The van der Waals surface area contributed by atoms with Crippen molar-refractivity contribution in [2.45, 2.75) is 0 Å². The SMILES string of the molecule is c1ccc(-n2c3ccccc3c3cccc(-n4c5ccccc5c5c(-n6c7ccccc7c7ccc(-n8c9ccccc9c9ccccc98)cc76)cccc54)c32)cc1. The molecule has 0 aliphatic heterocycles. The Labute approximate surface area is 333 Å². The number of fused-ring (bicyclic) bond motifs is 12. The van der Waals surface area contributed by atoms with Crippen molar-refractivity contribution >= 4 is 87.2 Å². The fourth-order valence-corrected chi connectivity index (χ4v) is 10.0. The Balaban J connectivity index is 1.14. The lowest BCUT2D eigenvalue weighted by atomic mass is 10.1. The first-order valence-electron chi connectivity index (χ1n) is 20.0. The van der Waals surface area contributed by atoms with E-state index in [4.69, 9.17) is 0 Å². The molecule has 0 saturated carbocycles. The van der Waals surface area contributed by atoms with Gasteiger partial charge in [-0.3, -0.25) is 0 Å². The topological polar surface area (TPSA) is 19.7 Å². The summed E-state index contributed by atoms with van der Waals surface area (Å²) in [6.45, 7) is 0. The van der Waals surface area contributed by atoms with Crippen LogP contribution in [0.4, 0.5) is 0 Å². The number of hydrogen-bond donors (Lipinski definition) is 0. The van der Waals surface area contributed by atoms with Crippen LogP contribution in [0.15, 0.2) is 206 Å². The summed E-state index contributed by atoms with van der Waals surface area (Å²) in [5.74, 6) is 0. The van der Waals surface area contributed by atoms with Crippen LogP contribution in [-0.2, 0) is 0 Å². The Kier molecular flexibility index (Phi) is 6.41. The van der Waals surface area contributed by atoms with Gasteiger partial charge in [0, 0.05) is 54.5 Å². The van der Waals surface area contributed by atoms with Crippen LogP contribution in [0.1, 0.15) is 0 Å². The molecule has 0 fully saturated rings. The summed E-state index contributed by atoms with van der Waals surface area (Å²) in [5, 5.41) is 9.92. The lowest BCUT2D eigenvalue weighted by Crippen LogP contribution is -2.01. The minimum absolute atomic E-state index is 1.14. The van der Waals surface area contributed by atoms with Crippen LogP contribution in [0.25, 0.3) is 110 Å². The van der Waals surface area contributed by atoms with Crippen LogP contribution < -0.4 is 0 Å². The van der Waals surface area contributed by atoms with Crippen molar-refractivity contribution in [2.75, 3.05) is 0 Å². The Morgan fingerprint density at radius 3 is 1.31 bits per heavy atom. The van der Waals surface area contributed by atoms with E-state index in [9.17, 15) is 0 Å². The molecule has 4 heteroatoms. The molecule has 0 bridgehead atoms. The molecule has 0 aliphatic rings. The van der Waals surface area contributed by atoms with Crippen LogP contribution in [0, 0.1) is 0 Å². The van der Waals surface area contributed by atoms with E-state index in [0.29, 0.717) is 0 Å². The van der Waals surface area contributed by atoms with Crippen LogP contribution in [0.5, 0.6) is 0 Å². The highest BCUT2D eigenvalue weighted by atomic mass is 15.1. The Morgan fingerprint density at radius 1 is 0.224 bits per heavy atom. The van der Waals surface area contributed by atoms with Crippen molar-refractivity contribution in [1.82, 2.24) is 18.3 Å². The van der Waals surface area contributed by atoms with Gasteiger partial charge in [0.2, 0.25) is 0 Å². The van der Waals surface area contributed by atoms with Gasteiger partial charge in [-0.15, -0.1) is 0 Å². The van der Waals surface area contributed by atoms with E-state index in [2.05, 4.69) is 225 Å². The minimum Gasteiger partial charge on any atom is -0.309 e. The van der Waals surface area contributed by atoms with E-state index in [1.165, 1.54) is 87.2 Å². The van der Waals surface area contributed by atoms with Gasteiger partial charge in [0.15, 0.2) is 0 Å². The lowest BCUT2D eigenvalue weighted by molar-refractivity contribution is 1.13. The smallest absolute Gasteiger partial charge is 0.0782 e. The monoisotopic (exact) mass is 738 g/mol. The third-order valence-corrected chi connectivity index (χ3v) is 12.3. The number of benzene rings is 9. The van der Waals surface area contributed by atoms with Gasteiger partial charge in [-0.1, -0.05) is 133 Å². The molecular weight excluding hydrogens is 705 g/mol. The molecule has 0 unspecified atom stereocenters. The molecule has 58 heavy (non-hydrogen) atoms. The average molecular weight is 739 g/mol. The quantitative estimate of drug-likeness (QED) is 0.171. The summed E-state index contributed by atoms with van der Waals surface area (Å²) < 4.78 is 9.85. The molecule has 0 atom stereocenters. The second-order valence-corrected chi connectivity index (χ2v) is 15.3. The summed E-state index contributed by atoms with van der Waals surface area (Å²) in [6.07, 6.45) is 0. The summed E-state index contributed by atoms with van der Waals surface area (Å²) in [6, 6.07) is 75.5. The first-order valence-corrected chi connectivity index (χ1v) is 20.0. The molecule has 0 aliphatic carbocycles. The summed E-state index contributed by atoms with van der Waals surface area (Å²) in [5.41, 5.74) is 14.1. The lowest BCUT2D eigenvalue weighted by Gasteiger charge is -2.15. The van der Waals surface area contributed by atoms with Crippen LogP contribution in [0.2, 0.25) is 0 Å². The highest BCUT2D eigenvalue weighted by Crippen LogP contribution is 2.43. The fraction of sp³-hybridized carbons (Fsp3) is 0. The normalized spacial score (nSPS) is 12.1. The van der Waals surface area contributed by atoms with E-state index in [1.807, 2.05) is 0 Å². The van der Waals surface area contributed by atoms with Crippen LogP contribution in [-0.4, -0.2) is 18.3 Å². The van der Waals surface area contributed by atoms with Crippen molar-refractivity contribution in [3.05, 3.63) is 206 Å². The second kappa shape index (κ2) is 11.8. The number of para-hydroxylation sites is 7. The first kappa shape index (κ1) is 31.4. The molecule has 4 heterocycles. The molecule has 9 aromatic carbocycles. The zero-order valence-corrected chi connectivity index (χ0v) is 31.4. The van der Waals surface area contributed by atoms with E-state index in [-0.39, 0.29) is 0 Å². The molecule has 13 aromatic rings. The van der Waals surface area contributed by atoms with Gasteiger partial charge in [-0.05, 0) is 72.8 Å². The van der Waals surface area contributed by atoms with Gasteiger partial charge < -0.3 is 18.3 Å². The minimum atomic E-state index is 1.14. The molecule has 0 saturated heterocycles. The van der Waals surface area contributed by atoms with E-state index in [1.54, 1.807) is 0 Å². The summed E-state index contributed by atoms with van der Waals surface area (Å²) >= 11 is 0. The van der Waals surface area contributed by atoms with E-state index in [0.717, 1.165) is 22.7 Å². The first-order chi connectivity index (χ1) is 28.8. The predicted octanol–water partition coefficient (Wildman–Crippen LogP) is 14.1. The van der Waals surface area contributed by atoms with Crippen LogP contribution in [0.3, 0.4) is 0 Å². The summed E-state index contributed by atoms with van der Waals surface area (Å²) in [7, 11) is 0. The Hall–Kier alpha value is -7.82. The van der Waals surface area contributed by atoms with Gasteiger partial charge in [0.1, 0.15) is 0 Å². The van der Waals surface area contributed by atoms with Crippen molar-refractivity contribution in [3.63, 3.8) is 0 Å². The Morgan fingerprint density at radius 2 is 0.655 bits per heavy atom. The van der Waals surface area contributed by atoms with Gasteiger partial charge >= 0.3 is 0 Å². The van der Waals surface area contributed by atoms with Gasteiger partial charge in [-0.25, -0.2) is 0 Å². The maximum atomic E-state index is 2.50. The standard InChI is InChI=1S/C54H34N4/c1-2-16-35(17-3-1)56-46-26-11-7-21-40(46)42-23-14-31-51(54(42)56)57-48-28-13-8-22-43(48)53-49(57)29-15-30-50(53)58-47-27-12-6-20-39(47)41-33-32-36(34-52(41)58)55-44-24-9-4-18-37(44)38-19-5-10-25-45(38)55/h1-34H. The molecule has 13 rings (SSSR count). The summed E-state index contributed by atoms with van der Waals surface area (Å²) in [4.78, 5) is 0. The molecule has 0 spiro atoms. The maximum Gasteiger partial charge on any atom is 0.0782 e. The van der Waals surface area contributed by atoms with Gasteiger partial charge in [-0.2, -0.15) is 0 Å². The van der Waals surface area contributed by atoms with Crippen molar-refractivity contribution in [1.29, 1.82) is 0 Å². The average Bonchev–Trinajstić information content (AvgIpc) is 4.02. The fourth-order valence-electron chi connectivity index (χ4n) is 10.0. The molecule has 0 amide bonds. The molecule has 4 aromatic heterocycles. The molecular formula is C54H34N4. The number of rotatable bonds is 4. The highest BCUT2D eigenvalue weighted by molar-refractivity contribution is 6.19. The second-order valence-electron chi connectivity index (χ2n) is 15.3. The van der Waals surface area contributed by atoms with Crippen molar-refractivity contribution < 1.29 is 0 Å². The zero-order valence-electron chi connectivity index (χ0n) is 31.4. The third kappa shape index (κ3) is 4.18. The van der Waals surface area contributed by atoms with Crippen molar-refractivity contribution in [3.8, 4) is 22.7 Å². The molecule has 0 N–H and O–H groups in total. The molecule has 0 radical (unpaired) electrons. The Bertz CT molecular complexity index is 3740. The number of hydrogen-bond acceptors (Lipinski definition) is 0. The van der Waals surface area contributed by atoms with Gasteiger partial charge in [0.25, 0.3) is 0 Å². The maximum absolute atomic E-state index is 2.50. The number of aromatic nitrogens is 4. The number of nitrogens with zero attached hydrogens (tertiary/aromatic N) is 4. The highest BCUT2D eigenvalue weighted by Gasteiger charge is 2.23.